The highest BCUT2D eigenvalue weighted by atomic mass is 15.3. The van der Waals surface area contributed by atoms with Crippen molar-refractivity contribution in [2.45, 2.75) is 26.3 Å². The van der Waals surface area contributed by atoms with Crippen molar-refractivity contribution in [2.75, 3.05) is 0 Å². The summed E-state index contributed by atoms with van der Waals surface area (Å²) in [5, 5.41) is 4.17. The molecule has 0 aliphatic heterocycles. The van der Waals surface area contributed by atoms with Gasteiger partial charge in [0.2, 0.25) is 0 Å². The molecule has 1 atom stereocenters. The molecule has 1 heterocycles. The normalized spacial score (nSPS) is 12.9. The lowest BCUT2D eigenvalue weighted by Crippen LogP contribution is -2.15. The fraction of sp³-hybridized carbons (Fsp3) is 0.385. The molecule has 0 unspecified atom stereocenters. The molecule has 0 amide bonds. The molecular weight excluding hydrogens is 198 g/mol. The molecular formula is C13H17N3. The number of nitrogens with zero attached hydrogens (tertiary/aromatic N) is 3. The molecule has 1 aromatic heterocycles. The molecule has 0 aliphatic carbocycles. The zero-order chi connectivity index (χ0) is 11.4. The molecule has 0 saturated heterocycles. The Kier molecular flexibility index (Phi) is 3.34. The predicted molar refractivity (Wildman–Crippen MR) is 64.0 cm³/mol. The van der Waals surface area contributed by atoms with Crippen LogP contribution < -0.4 is 0 Å². The predicted octanol–water partition coefficient (Wildman–Crippen LogP) is 2.72. The number of hydrogen-bond acceptors (Lipinski definition) is 2. The SMILES string of the molecule is CC(C)[C@@H](Cn1cncn1)c1ccccc1. The smallest absolute Gasteiger partial charge is 0.137 e. The van der Waals surface area contributed by atoms with E-state index in [0.717, 1.165) is 6.54 Å². The minimum Gasteiger partial charge on any atom is -0.252 e. The number of hydrogen-bond donors (Lipinski definition) is 0. The summed E-state index contributed by atoms with van der Waals surface area (Å²) in [6, 6.07) is 10.6. The van der Waals surface area contributed by atoms with Gasteiger partial charge in [-0.25, -0.2) is 4.98 Å². The van der Waals surface area contributed by atoms with Gasteiger partial charge in [0.05, 0.1) is 0 Å². The quantitative estimate of drug-likeness (QED) is 0.785. The van der Waals surface area contributed by atoms with Crippen LogP contribution in [-0.2, 0) is 6.54 Å². The Labute approximate surface area is 96.1 Å². The maximum atomic E-state index is 4.17. The van der Waals surface area contributed by atoms with E-state index in [1.807, 2.05) is 4.68 Å². The summed E-state index contributed by atoms with van der Waals surface area (Å²) in [4.78, 5) is 3.98. The lowest BCUT2D eigenvalue weighted by molar-refractivity contribution is 0.414. The van der Waals surface area contributed by atoms with Gasteiger partial charge in [-0.15, -0.1) is 0 Å². The van der Waals surface area contributed by atoms with E-state index in [-0.39, 0.29) is 0 Å². The van der Waals surface area contributed by atoms with E-state index in [1.165, 1.54) is 5.56 Å². The molecule has 2 rings (SSSR count). The summed E-state index contributed by atoms with van der Waals surface area (Å²) < 4.78 is 1.90. The fourth-order valence-corrected chi connectivity index (χ4v) is 1.93. The van der Waals surface area contributed by atoms with E-state index in [1.54, 1.807) is 12.7 Å². The third kappa shape index (κ3) is 2.48. The molecule has 0 radical (unpaired) electrons. The summed E-state index contributed by atoms with van der Waals surface area (Å²) >= 11 is 0. The first-order chi connectivity index (χ1) is 7.77. The van der Waals surface area contributed by atoms with E-state index >= 15 is 0 Å². The van der Waals surface area contributed by atoms with Crippen LogP contribution in [0.2, 0.25) is 0 Å². The van der Waals surface area contributed by atoms with Gasteiger partial charge in [-0.3, -0.25) is 4.68 Å². The van der Waals surface area contributed by atoms with Gasteiger partial charge in [0.1, 0.15) is 12.7 Å². The highest BCUT2D eigenvalue weighted by Crippen LogP contribution is 2.25. The maximum Gasteiger partial charge on any atom is 0.137 e. The van der Waals surface area contributed by atoms with Gasteiger partial charge in [-0.1, -0.05) is 44.2 Å². The van der Waals surface area contributed by atoms with E-state index in [0.29, 0.717) is 11.8 Å². The van der Waals surface area contributed by atoms with Gasteiger partial charge >= 0.3 is 0 Å². The van der Waals surface area contributed by atoms with Crippen LogP contribution in [0.4, 0.5) is 0 Å². The van der Waals surface area contributed by atoms with Crippen LogP contribution >= 0.6 is 0 Å². The fourth-order valence-electron chi connectivity index (χ4n) is 1.93. The molecule has 16 heavy (non-hydrogen) atoms. The summed E-state index contributed by atoms with van der Waals surface area (Å²) in [6.07, 6.45) is 3.36. The number of aromatic nitrogens is 3. The lowest BCUT2D eigenvalue weighted by Gasteiger charge is -2.21. The monoisotopic (exact) mass is 215 g/mol. The van der Waals surface area contributed by atoms with E-state index in [2.05, 4.69) is 54.3 Å². The van der Waals surface area contributed by atoms with Gasteiger partial charge in [0.15, 0.2) is 0 Å². The average Bonchev–Trinajstić information content (AvgIpc) is 2.79. The van der Waals surface area contributed by atoms with Gasteiger partial charge in [0, 0.05) is 12.5 Å². The van der Waals surface area contributed by atoms with E-state index < -0.39 is 0 Å². The lowest BCUT2D eigenvalue weighted by atomic mass is 9.88. The molecule has 3 nitrogen and oxygen atoms in total. The first kappa shape index (κ1) is 10.9. The van der Waals surface area contributed by atoms with Crippen LogP contribution in [0.3, 0.4) is 0 Å². The molecule has 1 aromatic carbocycles. The highest BCUT2D eigenvalue weighted by Gasteiger charge is 2.16. The van der Waals surface area contributed by atoms with Crippen LogP contribution in [0.1, 0.15) is 25.3 Å². The van der Waals surface area contributed by atoms with Crippen molar-refractivity contribution in [1.82, 2.24) is 14.8 Å². The molecule has 0 saturated carbocycles. The van der Waals surface area contributed by atoms with Crippen molar-refractivity contribution in [2.24, 2.45) is 5.92 Å². The van der Waals surface area contributed by atoms with Gasteiger partial charge in [0.25, 0.3) is 0 Å². The van der Waals surface area contributed by atoms with Crippen molar-refractivity contribution in [3.8, 4) is 0 Å². The summed E-state index contributed by atoms with van der Waals surface area (Å²) in [6.45, 7) is 5.38. The standard InChI is InChI=1S/C13H17N3/c1-11(2)13(8-16-10-14-9-15-16)12-6-4-3-5-7-12/h3-7,9-11,13H,8H2,1-2H3/t13-/m1/s1. The van der Waals surface area contributed by atoms with Crippen molar-refractivity contribution in [1.29, 1.82) is 0 Å². The van der Waals surface area contributed by atoms with Gasteiger partial charge in [-0.05, 0) is 11.5 Å². The largest absolute Gasteiger partial charge is 0.252 e. The minimum atomic E-state index is 0.489. The third-order valence-corrected chi connectivity index (χ3v) is 2.88. The molecule has 0 aliphatic rings. The van der Waals surface area contributed by atoms with Crippen LogP contribution in [0.5, 0.6) is 0 Å². The van der Waals surface area contributed by atoms with Crippen LogP contribution in [0.25, 0.3) is 0 Å². The summed E-state index contributed by atoms with van der Waals surface area (Å²) in [5.41, 5.74) is 1.37. The number of rotatable bonds is 4. The van der Waals surface area contributed by atoms with Crippen LogP contribution in [-0.4, -0.2) is 14.8 Å². The highest BCUT2D eigenvalue weighted by molar-refractivity contribution is 5.19. The zero-order valence-corrected chi connectivity index (χ0v) is 9.74. The first-order valence-electron chi connectivity index (χ1n) is 5.64. The Balaban J connectivity index is 2.18. The Bertz CT molecular complexity index is 406. The van der Waals surface area contributed by atoms with E-state index in [9.17, 15) is 0 Å². The molecule has 0 spiro atoms. The summed E-state index contributed by atoms with van der Waals surface area (Å²) in [7, 11) is 0. The van der Waals surface area contributed by atoms with Crippen molar-refractivity contribution in [3.05, 3.63) is 48.5 Å². The van der Waals surface area contributed by atoms with E-state index in [4.69, 9.17) is 0 Å². The molecule has 84 valence electrons. The molecule has 2 aromatic rings. The second-order valence-corrected chi connectivity index (χ2v) is 4.38. The Morgan fingerprint density at radius 3 is 2.50 bits per heavy atom. The Morgan fingerprint density at radius 1 is 1.19 bits per heavy atom. The maximum absolute atomic E-state index is 4.17. The van der Waals surface area contributed by atoms with Crippen LogP contribution in [0, 0.1) is 5.92 Å². The second kappa shape index (κ2) is 4.92. The molecule has 0 bridgehead atoms. The van der Waals surface area contributed by atoms with Gasteiger partial charge in [-0.2, -0.15) is 5.10 Å². The van der Waals surface area contributed by atoms with Crippen molar-refractivity contribution < 1.29 is 0 Å². The molecule has 0 fully saturated rings. The molecule has 3 heteroatoms. The third-order valence-electron chi connectivity index (χ3n) is 2.88. The van der Waals surface area contributed by atoms with Crippen molar-refractivity contribution in [3.63, 3.8) is 0 Å². The Morgan fingerprint density at radius 2 is 1.94 bits per heavy atom. The average molecular weight is 215 g/mol. The van der Waals surface area contributed by atoms with Crippen molar-refractivity contribution >= 4 is 0 Å². The van der Waals surface area contributed by atoms with Gasteiger partial charge < -0.3 is 0 Å². The zero-order valence-electron chi connectivity index (χ0n) is 9.74. The number of benzene rings is 1. The molecule has 0 N–H and O–H groups in total. The summed E-state index contributed by atoms with van der Waals surface area (Å²) in [5.74, 6) is 1.08. The second-order valence-electron chi connectivity index (χ2n) is 4.38. The minimum absolute atomic E-state index is 0.489. The first-order valence-corrected chi connectivity index (χ1v) is 5.64. The topological polar surface area (TPSA) is 30.7 Å². The van der Waals surface area contributed by atoms with Crippen LogP contribution in [0.15, 0.2) is 43.0 Å². The Hall–Kier alpha value is -1.64.